The second-order valence-corrected chi connectivity index (χ2v) is 10.7. The van der Waals surface area contributed by atoms with Crippen molar-refractivity contribution in [2.45, 2.75) is 56.5 Å². The van der Waals surface area contributed by atoms with Crippen molar-refractivity contribution in [3.8, 4) is 11.3 Å². The Hall–Kier alpha value is -2.30. The van der Waals surface area contributed by atoms with Gasteiger partial charge in [-0.25, -0.2) is 18.2 Å². The molecule has 0 spiro atoms. The minimum absolute atomic E-state index is 0.0428. The highest BCUT2D eigenvalue weighted by Gasteiger charge is 2.34. The Bertz CT molecular complexity index is 1040. The van der Waals surface area contributed by atoms with Crippen molar-refractivity contribution in [1.82, 2.24) is 24.8 Å². The number of aromatic nitrogens is 3. The fourth-order valence-electron chi connectivity index (χ4n) is 4.81. The van der Waals surface area contributed by atoms with Gasteiger partial charge in [0.1, 0.15) is 11.7 Å². The number of nitrogens with zero attached hydrogens (tertiary/aromatic N) is 5. The number of sulfonamides is 1. The average molecular weight is 461 g/mol. The third-order valence-electron chi connectivity index (χ3n) is 6.59. The molecule has 0 radical (unpaired) electrons. The van der Waals surface area contributed by atoms with Crippen molar-refractivity contribution in [2.24, 2.45) is 11.1 Å². The van der Waals surface area contributed by atoms with Crippen LogP contribution in [0, 0.1) is 5.92 Å². The van der Waals surface area contributed by atoms with Gasteiger partial charge in [0.15, 0.2) is 0 Å². The summed E-state index contributed by atoms with van der Waals surface area (Å²) in [4.78, 5) is 18.0. The van der Waals surface area contributed by atoms with Crippen molar-refractivity contribution in [1.29, 1.82) is 0 Å². The van der Waals surface area contributed by atoms with Gasteiger partial charge in [0, 0.05) is 24.7 Å². The van der Waals surface area contributed by atoms with Gasteiger partial charge in [-0.15, -0.1) is 5.10 Å². The van der Waals surface area contributed by atoms with Crippen molar-refractivity contribution >= 4 is 15.9 Å². The minimum Gasteiger partial charge on any atom is -0.341 e. The number of amides is 1. The molecule has 0 saturated carbocycles. The zero-order valence-corrected chi connectivity index (χ0v) is 19.5. The number of rotatable bonds is 6. The van der Waals surface area contributed by atoms with E-state index in [0.29, 0.717) is 17.3 Å². The van der Waals surface area contributed by atoms with E-state index in [4.69, 9.17) is 5.14 Å². The van der Waals surface area contributed by atoms with Crippen molar-refractivity contribution < 1.29 is 13.2 Å². The van der Waals surface area contributed by atoms with E-state index in [1.54, 1.807) is 23.0 Å². The number of hydrogen-bond donors (Lipinski definition) is 1. The van der Waals surface area contributed by atoms with Gasteiger partial charge in [-0.3, -0.25) is 4.79 Å². The largest absolute Gasteiger partial charge is 0.341 e. The lowest BCUT2D eigenvalue weighted by Gasteiger charge is -2.38. The number of hydrogen-bond acceptors (Lipinski definition) is 6. The van der Waals surface area contributed by atoms with Crippen LogP contribution in [0.1, 0.15) is 45.6 Å². The normalized spacial score (nSPS) is 19.6. The molecule has 1 atom stereocenters. The maximum absolute atomic E-state index is 13.4. The van der Waals surface area contributed by atoms with Crippen LogP contribution in [0.15, 0.2) is 35.4 Å². The molecule has 0 bridgehead atoms. The zero-order valence-electron chi connectivity index (χ0n) is 18.7. The average Bonchev–Trinajstić information content (AvgIpc) is 3.46. The summed E-state index contributed by atoms with van der Waals surface area (Å²) in [5, 5.41) is 13.6. The molecule has 2 aliphatic rings. The first-order valence-electron chi connectivity index (χ1n) is 11.3. The van der Waals surface area contributed by atoms with Gasteiger partial charge in [-0.05, 0) is 56.8 Å². The molecule has 3 heterocycles. The summed E-state index contributed by atoms with van der Waals surface area (Å²) < 4.78 is 24.6. The molecule has 2 N–H and O–H groups in total. The minimum atomic E-state index is -3.75. The van der Waals surface area contributed by atoms with E-state index in [-0.39, 0.29) is 16.7 Å². The first-order valence-corrected chi connectivity index (χ1v) is 12.9. The number of primary sulfonamides is 1. The Morgan fingerprint density at radius 2 is 1.69 bits per heavy atom. The third kappa shape index (κ3) is 4.87. The van der Waals surface area contributed by atoms with Gasteiger partial charge in [0.2, 0.25) is 15.9 Å². The van der Waals surface area contributed by atoms with Crippen molar-refractivity contribution in [3.63, 3.8) is 0 Å². The van der Waals surface area contributed by atoms with Gasteiger partial charge in [-0.1, -0.05) is 31.2 Å². The smallest absolute Gasteiger partial charge is 0.247 e. The second-order valence-electron chi connectivity index (χ2n) is 9.14. The van der Waals surface area contributed by atoms with Crippen LogP contribution >= 0.6 is 0 Å². The van der Waals surface area contributed by atoms with E-state index in [9.17, 15) is 13.2 Å². The Morgan fingerprint density at radius 3 is 2.25 bits per heavy atom. The number of likely N-dealkylation sites (tertiary alicyclic amines) is 2. The lowest BCUT2D eigenvalue weighted by molar-refractivity contribution is -0.138. The van der Waals surface area contributed by atoms with Gasteiger partial charge >= 0.3 is 0 Å². The molecule has 1 aromatic heterocycles. The van der Waals surface area contributed by atoms with Crippen LogP contribution in [0.2, 0.25) is 0 Å². The number of carbonyl (C=O) groups is 1. The molecule has 0 aliphatic carbocycles. The molecule has 2 fully saturated rings. The van der Waals surface area contributed by atoms with Crippen LogP contribution in [0.25, 0.3) is 11.3 Å². The summed E-state index contributed by atoms with van der Waals surface area (Å²) in [7, 11) is -3.75. The summed E-state index contributed by atoms with van der Waals surface area (Å²) >= 11 is 0. The Labute approximate surface area is 189 Å². The van der Waals surface area contributed by atoms with Crippen molar-refractivity contribution in [2.75, 3.05) is 26.2 Å². The van der Waals surface area contributed by atoms with E-state index >= 15 is 0 Å². The molecule has 1 unspecified atom stereocenters. The van der Waals surface area contributed by atoms with Crippen LogP contribution in [-0.2, 0) is 14.8 Å². The summed E-state index contributed by atoms with van der Waals surface area (Å²) in [5.41, 5.74) is 1.29. The molecule has 1 amide bonds. The maximum atomic E-state index is 13.4. The number of nitrogens with two attached hydrogens (primary N) is 1. The fraction of sp³-hybridized carbons (Fsp3) is 0.591. The van der Waals surface area contributed by atoms with E-state index in [1.165, 1.54) is 38.1 Å². The third-order valence-corrected chi connectivity index (χ3v) is 7.52. The highest BCUT2D eigenvalue weighted by atomic mass is 32.2. The first-order chi connectivity index (χ1) is 15.2. The number of carbonyl (C=O) groups excluding carboxylic acids is 1. The van der Waals surface area contributed by atoms with Crippen LogP contribution in [0.4, 0.5) is 0 Å². The van der Waals surface area contributed by atoms with Gasteiger partial charge < -0.3 is 9.80 Å². The Morgan fingerprint density at radius 1 is 1.06 bits per heavy atom. The van der Waals surface area contributed by atoms with Crippen LogP contribution in [0.3, 0.4) is 0 Å². The van der Waals surface area contributed by atoms with Crippen molar-refractivity contribution in [3.05, 3.63) is 30.5 Å². The van der Waals surface area contributed by atoms with Gasteiger partial charge in [0.25, 0.3) is 0 Å². The summed E-state index contributed by atoms with van der Waals surface area (Å²) in [6.45, 7) is 7.96. The fourth-order valence-corrected chi connectivity index (χ4v) is 5.32. The lowest BCUT2D eigenvalue weighted by atomic mass is 9.99. The molecule has 4 rings (SSSR count). The molecule has 174 valence electrons. The highest BCUT2D eigenvalue weighted by molar-refractivity contribution is 7.89. The molecule has 32 heavy (non-hydrogen) atoms. The number of piperidine rings is 1. The Kier molecular flexibility index (Phi) is 6.64. The van der Waals surface area contributed by atoms with Crippen LogP contribution in [-0.4, -0.2) is 71.3 Å². The van der Waals surface area contributed by atoms with Gasteiger partial charge in [0.05, 0.1) is 11.1 Å². The molecule has 10 heteroatoms. The zero-order chi connectivity index (χ0) is 22.9. The van der Waals surface area contributed by atoms with E-state index < -0.39 is 16.1 Å². The second kappa shape index (κ2) is 9.29. The topological polar surface area (TPSA) is 114 Å². The van der Waals surface area contributed by atoms with Crippen LogP contribution < -0.4 is 5.14 Å². The van der Waals surface area contributed by atoms with E-state index in [0.717, 1.165) is 25.9 Å². The molecule has 1 aromatic carbocycles. The summed E-state index contributed by atoms with van der Waals surface area (Å²) in [5.74, 6) is 0.138. The molecule has 2 aliphatic heterocycles. The standard InChI is InChI=1S/C22H32N6O3S/c1-16(2)21(22(29)27-13-9-18(10-14-27)26-11-3-4-12-26)28-15-20(24-25-28)17-5-7-19(8-6-17)32(23,30)31/h5-8,15-16,18,21H,3-4,9-14H2,1-2H3,(H2,23,30,31). The SMILES string of the molecule is CC(C)C(C(=O)N1CCC(N2CCCC2)CC1)n1cc(-c2ccc(S(N)(=O)=O)cc2)nn1. The molecular formula is C22H32N6O3S. The monoisotopic (exact) mass is 460 g/mol. The van der Waals surface area contributed by atoms with E-state index in [1.807, 2.05) is 18.7 Å². The first kappa shape index (κ1) is 22.9. The predicted molar refractivity (Wildman–Crippen MR) is 121 cm³/mol. The number of benzene rings is 1. The lowest BCUT2D eigenvalue weighted by Crippen LogP contribution is -2.48. The predicted octanol–water partition coefficient (Wildman–Crippen LogP) is 1.88. The molecule has 9 nitrogen and oxygen atoms in total. The Balaban J connectivity index is 1.46. The van der Waals surface area contributed by atoms with E-state index in [2.05, 4.69) is 15.2 Å². The molecular weight excluding hydrogens is 428 g/mol. The molecule has 2 aromatic rings. The quantitative estimate of drug-likeness (QED) is 0.704. The summed E-state index contributed by atoms with van der Waals surface area (Å²) in [6.07, 6.45) is 6.37. The van der Waals surface area contributed by atoms with Crippen LogP contribution in [0.5, 0.6) is 0 Å². The highest BCUT2D eigenvalue weighted by Crippen LogP contribution is 2.27. The molecule has 2 saturated heterocycles. The maximum Gasteiger partial charge on any atom is 0.247 e. The van der Waals surface area contributed by atoms with Gasteiger partial charge in [-0.2, -0.15) is 0 Å². The summed E-state index contributed by atoms with van der Waals surface area (Å²) in [6, 6.07) is 6.34.